The Morgan fingerprint density at radius 3 is 1.87 bits per heavy atom. The minimum atomic E-state index is -3.82. The number of carbonyl (C=O) groups is 3. The van der Waals surface area contributed by atoms with Crippen molar-refractivity contribution in [2.24, 2.45) is 23.7 Å². The van der Waals surface area contributed by atoms with Crippen LogP contribution >= 0.6 is 7.37 Å². The summed E-state index contributed by atoms with van der Waals surface area (Å²) in [5.41, 5.74) is 5.21. The first kappa shape index (κ1) is 36.5. The van der Waals surface area contributed by atoms with Crippen LogP contribution in [0.1, 0.15) is 78.4 Å². The standard InChI is InChI=1S/C45H48NO7P/c1-30(46-44(49)52-27-41-39-18-10-8-16-37(39)38-17-9-11-19-40(38)41)54(50,53-45-24-32-20-33(25-45)22-34(21-32)26-45)29-36(23-31-12-4-2-5-13-31)43(48)51-28-42(47)35-14-6-3-7-15-35/h2-19,30,32-34,36,41H,20-29H2,1H3,(H,46,49). The van der Waals surface area contributed by atoms with Gasteiger partial charge in [-0.1, -0.05) is 109 Å². The van der Waals surface area contributed by atoms with E-state index in [1.54, 1.807) is 31.2 Å². The summed E-state index contributed by atoms with van der Waals surface area (Å²) in [5, 5.41) is 2.90. The number of rotatable bonds is 14. The van der Waals surface area contributed by atoms with Gasteiger partial charge in [-0.15, -0.1) is 0 Å². The van der Waals surface area contributed by atoms with Gasteiger partial charge in [0.25, 0.3) is 0 Å². The van der Waals surface area contributed by atoms with Crippen LogP contribution in [-0.4, -0.2) is 48.6 Å². The van der Waals surface area contributed by atoms with Gasteiger partial charge in [-0.05, 0) is 97.4 Å². The molecule has 1 N–H and O–H groups in total. The summed E-state index contributed by atoms with van der Waals surface area (Å²) in [6.07, 6.45) is 5.45. The molecule has 9 rings (SSSR count). The molecule has 4 aromatic carbocycles. The predicted octanol–water partition coefficient (Wildman–Crippen LogP) is 9.42. The van der Waals surface area contributed by atoms with Crippen LogP contribution in [0.2, 0.25) is 0 Å². The number of benzene rings is 4. The van der Waals surface area contributed by atoms with Gasteiger partial charge in [-0.3, -0.25) is 14.2 Å². The van der Waals surface area contributed by atoms with E-state index in [9.17, 15) is 14.4 Å². The quantitative estimate of drug-likeness (QED) is 0.0779. The third kappa shape index (κ3) is 7.69. The van der Waals surface area contributed by atoms with Crippen molar-refractivity contribution in [2.75, 3.05) is 19.4 Å². The van der Waals surface area contributed by atoms with Gasteiger partial charge < -0.3 is 19.3 Å². The molecule has 4 bridgehead atoms. The lowest BCUT2D eigenvalue weighted by atomic mass is 9.54. The summed E-state index contributed by atoms with van der Waals surface area (Å²) >= 11 is 0. The van der Waals surface area contributed by atoms with Crippen molar-refractivity contribution in [3.8, 4) is 11.1 Å². The van der Waals surface area contributed by atoms with Gasteiger partial charge in [0.1, 0.15) is 12.4 Å². The van der Waals surface area contributed by atoms with Crippen molar-refractivity contribution < 1.29 is 32.9 Å². The van der Waals surface area contributed by atoms with Crippen LogP contribution in [-0.2, 0) is 29.8 Å². The number of amides is 1. The van der Waals surface area contributed by atoms with E-state index in [1.165, 1.54) is 19.3 Å². The number of carbonyl (C=O) groups excluding carboxylic acids is 3. The van der Waals surface area contributed by atoms with Crippen molar-refractivity contribution in [1.29, 1.82) is 0 Å². The first-order chi connectivity index (χ1) is 26.2. The monoisotopic (exact) mass is 745 g/mol. The van der Waals surface area contributed by atoms with Crippen LogP contribution in [0.3, 0.4) is 0 Å². The second kappa shape index (κ2) is 15.3. The molecule has 0 heterocycles. The highest BCUT2D eigenvalue weighted by Gasteiger charge is 2.55. The number of fused-ring (bicyclic) bond motifs is 3. The molecule has 5 aliphatic carbocycles. The SMILES string of the molecule is CC(NC(=O)OCC1c2ccccc2-c2ccccc21)P(=O)(CC(Cc1ccccc1)C(=O)OCC(=O)c1ccccc1)OC12CC3CC(CC(C3)C1)C2. The van der Waals surface area contributed by atoms with Gasteiger partial charge in [-0.25, -0.2) is 4.79 Å². The largest absolute Gasteiger partial charge is 0.457 e. The van der Waals surface area contributed by atoms with Crippen molar-refractivity contribution in [1.82, 2.24) is 5.32 Å². The minimum Gasteiger partial charge on any atom is -0.457 e. The van der Waals surface area contributed by atoms with Crippen LogP contribution in [0.5, 0.6) is 0 Å². The lowest BCUT2D eigenvalue weighted by molar-refractivity contribution is -0.146. The van der Waals surface area contributed by atoms with Crippen LogP contribution in [0.15, 0.2) is 109 Å². The van der Waals surface area contributed by atoms with Crippen LogP contribution in [0.25, 0.3) is 11.1 Å². The molecule has 4 fully saturated rings. The summed E-state index contributed by atoms with van der Waals surface area (Å²) in [4.78, 5) is 40.5. The van der Waals surface area contributed by atoms with Gasteiger partial charge >= 0.3 is 12.1 Å². The number of hydrogen-bond acceptors (Lipinski definition) is 7. The lowest BCUT2D eigenvalue weighted by Crippen LogP contribution is -2.52. The third-order valence-electron chi connectivity index (χ3n) is 12.2. The van der Waals surface area contributed by atoms with E-state index in [0.717, 1.165) is 47.1 Å². The maximum absolute atomic E-state index is 15.6. The molecule has 280 valence electrons. The number of Topliss-reactive ketones (excluding diaryl/α,β-unsaturated/α-hetero) is 1. The maximum atomic E-state index is 15.6. The molecule has 3 atom stereocenters. The lowest BCUT2D eigenvalue weighted by Gasteiger charge is -2.57. The molecule has 8 nitrogen and oxygen atoms in total. The number of esters is 1. The van der Waals surface area contributed by atoms with Gasteiger partial charge in [-0.2, -0.15) is 0 Å². The Kier molecular flexibility index (Phi) is 10.3. The fraction of sp³-hybridized carbons (Fsp3) is 0.400. The third-order valence-corrected chi connectivity index (χ3v) is 15.1. The van der Waals surface area contributed by atoms with Gasteiger partial charge in [0, 0.05) is 17.6 Å². The Morgan fingerprint density at radius 1 is 0.741 bits per heavy atom. The molecule has 0 aromatic heterocycles. The molecule has 1 amide bonds. The first-order valence-corrected chi connectivity index (χ1v) is 21.2. The molecule has 0 radical (unpaired) electrons. The molecule has 54 heavy (non-hydrogen) atoms. The summed E-state index contributed by atoms with van der Waals surface area (Å²) in [7, 11) is -3.82. The van der Waals surface area contributed by atoms with Crippen molar-refractivity contribution in [3.63, 3.8) is 0 Å². The summed E-state index contributed by atoms with van der Waals surface area (Å²) < 4.78 is 34.2. The first-order valence-electron chi connectivity index (χ1n) is 19.4. The maximum Gasteiger partial charge on any atom is 0.407 e. The topological polar surface area (TPSA) is 108 Å². The van der Waals surface area contributed by atoms with Crippen molar-refractivity contribution >= 4 is 25.2 Å². The Labute approximate surface area is 317 Å². The van der Waals surface area contributed by atoms with E-state index in [2.05, 4.69) is 29.6 Å². The predicted molar refractivity (Wildman–Crippen MR) is 207 cm³/mol. The Morgan fingerprint density at radius 2 is 1.28 bits per heavy atom. The Hall–Kier alpha value is -4.52. The summed E-state index contributed by atoms with van der Waals surface area (Å²) in [6.45, 7) is 1.39. The highest BCUT2D eigenvalue weighted by Crippen LogP contribution is 2.65. The number of nitrogens with one attached hydrogen (secondary N) is 1. The molecule has 0 saturated heterocycles. The normalized spacial score (nSPS) is 24.4. The van der Waals surface area contributed by atoms with E-state index >= 15 is 4.57 Å². The van der Waals surface area contributed by atoms with Crippen molar-refractivity contribution in [2.45, 2.75) is 69.2 Å². The zero-order valence-electron chi connectivity index (χ0n) is 30.7. The zero-order valence-corrected chi connectivity index (χ0v) is 31.6. The number of ketones is 1. The van der Waals surface area contributed by atoms with Gasteiger partial charge in [0.15, 0.2) is 12.4 Å². The van der Waals surface area contributed by atoms with Gasteiger partial charge in [0.05, 0.1) is 11.5 Å². The minimum absolute atomic E-state index is 0.116. The average molecular weight is 746 g/mol. The second-order valence-electron chi connectivity index (χ2n) is 16.0. The highest BCUT2D eigenvalue weighted by molar-refractivity contribution is 7.59. The molecule has 0 aliphatic heterocycles. The molecule has 0 spiro atoms. The fourth-order valence-electron chi connectivity index (χ4n) is 10.0. The van der Waals surface area contributed by atoms with Crippen molar-refractivity contribution in [3.05, 3.63) is 131 Å². The van der Waals surface area contributed by atoms with Crippen LogP contribution < -0.4 is 5.32 Å². The van der Waals surface area contributed by atoms with E-state index < -0.39 is 43.3 Å². The zero-order chi connectivity index (χ0) is 37.3. The number of hydrogen-bond donors (Lipinski definition) is 1. The molecule has 4 saturated carbocycles. The average Bonchev–Trinajstić information content (AvgIpc) is 3.49. The number of ether oxygens (including phenoxy) is 2. The highest BCUT2D eigenvalue weighted by atomic mass is 31.2. The molecule has 4 aromatic rings. The smallest absolute Gasteiger partial charge is 0.407 e. The van der Waals surface area contributed by atoms with E-state index in [0.29, 0.717) is 23.3 Å². The molecule has 3 unspecified atom stereocenters. The molecule has 5 aliphatic rings. The Bertz CT molecular complexity index is 1970. The van der Waals surface area contributed by atoms with Crippen LogP contribution in [0.4, 0.5) is 4.79 Å². The molecular formula is C45H48NO7P. The van der Waals surface area contributed by atoms with E-state index in [1.807, 2.05) is 60.7 Å². The van der Waals surface area contributed by atoms with Crippen LogP contribution in [0, 0.1) is 23.7 Å². The van der Waals surface area contributed by atoms with E-state index in [4.69, 9.17) is 14.0 Å². The molecular weight excluding hydrogens is 697 g/mol. The molecule has 9 heteroatoms. The Balaban J connectivity index is 1.03. The van der Waals surface area contributed by atoms with Gasteiger partial charge in [0.2, 0.25) is 7.37 Å². The number of alkyl carbamates (subject to hydrolysis) is 1. The second-order valence-corrected chi connectivity index (χ2v) is 18.8. The van der Waals surface area contributed by atoms with E-state index in [-0.39, 0.29) is 30.9 Å². The summed E-state index contributed by atoms with van der Waals surface area (Å²) in [6, 6.07) is 34.5. The fourth-order valence-corrected chi connectivity index (χ4v) is 12.7. The summed E-state index contributed by atoms with van der Waals surface area (Å²) in [5.74, 6) is -1.30.